The van der Waals surface area contributed by atoms with E-state index in [2.05, 4.69) is 53.7 Å². The van der Waals surface area contributed by atoms with Gasteiger partial charge in [0.2, 0.25) is 0 Å². The molecule has 1 aromatic carbocycles. The first-order valence-electron chi connectivity index (χ1n) is 7.67. The molecule has 132 valence electrons. The largest absolute Gasteiger partial charge is 0.382 e. The molecule has 2 N–H and O–H groups in total. The van der Waals surface area contributed by atoms with E-state index in [4.69, 9.17) is 9.47 Å². The van der Waals surface area contributed by atoms with Crippen LogP contribution in [0.3, 0.4) is 0 Å². The minimum atomic E-state index is 0. The number of guanidine groups is 1. The summed E-state index contributed by atoms with van der Waals surface area (Å²) >= 11 is 0. The summed E-state index contributed by atoms with van der Waals surface area (Å²) in [6.45, 7) is 7.83. The summed E-state index contributed by atoms with van der Waals surface area (Å²) in [6, 6.07) is 10.5. The van der Waals surface area contributed by atoms with E-state index in [0.717, 1.165) is 19.0 Å². The van der Waals surface area contributed by atoms with Crippen molar-refractivity contribution in [3.05, 3.63) is 35.9 Å². The van der Waals surface area contributed by atoms with Crippen LogP contribution >= 0.6 is 24.0 Å². The van der Waals surface area contributed by atoms with Crippen LogP contribution in [0.25, 0.3) is 0 Å². The molecular weight excluding hydrogens is 405 g/mol. The van der Waals surface area contributed by atoms with Crippen LogP contribution in [0.5, 0.6) is 0 Å². The first-order chi connectivity index (χ1) is 10.6. The number of hydrogen-bond donors (Lipinski definition) is 2. The topological polar surface area (TPSA) is 54.9 Å². The lowest BCUT2D eigenvalue weighted by Crippen LogP contribution is -2.44. The minimum Gasteiger partial charge on any atom is -0.382 e. The third-order valence-electron chi connectivity index (χ3n) is 3.45. The van der Waals surface area contributed by atoms with Crippen LogP contribution in [-0.2, 0) is 14.9 Å². The van der Waals surface area contributed by atoms with Gasteiger partial charge in [-0.25, -0.2) is 0 Å². The zero-order valence-electron chi connectivity index (χ0n) is 14.6. The molecule has 0 bridgehead atoms. The maximum atomic E-state index is 5.41. The van der Waals surface area contributed by atoms with Crippen LogP contribution in [0, 0.1) is 0 Å². The lowest BCUT2D eigenvalue weighted by atomic mass is 9.85. The van der Waals surface area contributed by atoms with Crippen LogP contribution in [0.2, 0.25) is 0 Å². The van der Waals surface area contributed by atoms with Crippen LogP contribution in [0.1, 0.15) is 19.4 Å². The molecule has 0 radical (unpaired) electrons. The zero-order chi connectivity index (χ0) is 16.3. The van der Waals surface area contributed by atoms with E-state index in [1.807, 2.05) is 6.07 Å². The Bertz CT molecular complexity index is 439. The zero-order valence-corrected chi connectivity index (χ0v) is 16.9. The molecule has 5 nitrogen and oxygen atoms in total. The number of halogens is 1. The maximum absolute atomic E-state index is 5.41. The summed E-state index contributed by atoms with van der Waals surface area (Å²) in [5.74, 6) is 0.791. The molecule has 0 spiro atoms. The van der Waals surface area contributed by atoms with Crippen molar-refractivity contribution < 1.29 is 9.47 Å². The third-order valence-corrected chi connectivity index (χ3v) is 3.45. The van der Waals surface area contributed by atoms with Gasteiger partial charge in [0, 0.05) is 32.7 Å². The van der Waals surface area contributed by atoms with E-state index in [-0.39, 0.29) is 29.4 Å². The summed E-state index contributed by atoms with van der Waals surface area (Å²) < 4.78 is 10.3. The second kappa shape index (κ2) is 12.5. The van der Waals surface area contributed by atoms with Gasteiger partial charge in [-0.1, -0.05) is 44.2 Å². The summed E-state index contributed by atoms with van der Waals surface area (Å²) in [5.41, 5.74) is 1.34. The van der Waals surface area contributed by atoms with Gasteiger partial charge >= 0.3 is 0 Å². The van der Waals surface area contributed by atoms with Crippen molar-refractivity contribution in [2.45, 2.75) is 19.3 Å². The standard InChI is InChI=1S/C17H29N3O2.HI/c1-17(2,15-8-6-5-7-9-15)14-20-16(18-3)19-10-11-22-13-12-21-4;/h5-9H,10-14H2,1-4H3,(H2,18,19,20);1H. The Kier molecular flexibility index (Phi) is 12.1. The molecule has 0 aliphatic heterocycles. The molecule has 0 aliphatic rings. The van der Waals surface area contributed by atoms with E-state index in [0.29, 0.717) is 19.8 Å². The molecule has 0 aromatic heterocycles. The lowest BCUT2D eigenvalue weighted by Gasteiger charge is -2.26. The molecule has 0 fully saturated rings. The van der Waals surface area contributed by atoms with Gasteiger partial charge in [0.1, 0.15) is 0 Å². The Morgan fingerprint density at radius 3 is 2.39 bits per heavy atom. The predicted octanol–water partition coefficient (Wildman–Crippen LogP) is 2.41. The number of hydrogen-bond acceptors (Lipinski definition) is 3. The highest BCUT2D eigenvalue weighted by atomic mass is 127. The Balaban J connectivity index is 0.00000484. The number of benzene rings is 1. The Hall–Kier alpha value is -0.860. The lowest BCUT2D eigenvalue weighted by molar-refractivity contribution is 0.0733. The van der Waals surface area contributed by atoms with Gasteiger partial charge in [0.05, 0.1) is 19.8 Å². The Labute approximate surface area is 157 Å². The maximum Gasteiger partial charge on any atom is 0.191 e. The van der Waals surface area contributed by atoms with Crippen molar-refractivity contribution in [2.24, 2.45) is 4.99 Å². The van der Waals surface area contributed by atoms with Gasteiger partial charge in [0.15, 0.2) is 5.96 Å². The van der Waals surface area contributed by atoms with E-state index < -0.39 is 0 Å². The van der Waals surface area contributed by atoms with Gasteiger partial charge in [0.25, 0.3) is 0 Å². The highest BCUT2D eigenvalue weighted by Gasteiger charge is 2.20. The average molecular weight is 435 g/mol. The summed E-state index contributed by atoms with van der Waals surface area (Å²) in [5, 5.41) is 6.61. The number of nitrogens with one attached hydrogen (secondary N) is 2. The van der Waals surface area contributed by atoms with Crippen molar-refractivity contribution >= 4 is 29.9 Å². The molecule has 0 saturated heterocycles. The number of ether oxygens (including phenoxy) is 2. The van der Waals surface area contributed by atoms with Crippen molar-refractivity contribution in [3.63, 3.8) is 0 Å². The number of nitrogens with zero attached hydrogens (tertiary/aromatic N) is 1. The van der Waals surface area contributed by atoms with Crippen LogP contribution in [0.15, 0.2) is 35.3 Å². The highest BCUT2D eigenvalue weighted by Crippen LogP contribution is 2.21. The fourth-order valence-corrected chi connectivity index (χ4v) is 2.00. The second-order valence-corrected chi connectivity index (χ2v) is 5.71. The smallest absolute Gasteiger partial charge is 0.191 e. The Morgan fingerprint density at radius 2 is 1.78 bits per heavy atom. The fourth-order valence-electron chi connectivity index (χ4n) is 2.00. The SMILES string of the molecule is CN=C(NCCOCCOC)NCC(C)(C)c1ccccc1.I. The Morgan fingerprint density at radius 1 is 1.09 bits per heavy atom. The van der Waals surface area contributed by atoms with Gasteiger partial charge in [-0.3, -0.25) is 4.99 Å². The van der Waals surface area contributed by atoms with Crippen LogP contribution in [0.4, 0.5) is 0 Å². The van der Waals surface area contributed by atoms with E-state index in [1.54, 1.807) is 14.2 Å². The average Bonchev–Trinajstić information content (AvgIpc) is 2.54. The summed E-state index contributed by atoms with van der Waals surface area (Å²) in [6.07, 6.45) is 0. The molecule has 6 heteroatoms. The monoisotopic (exact) mass is 435 g/mol. The normalized spacial score (nSPS) is 11.7. The van der Waals surface area contributed by atoms with E-state index in [9.17, 15) is 0 Å². The summed E-state index contributed by atoms with van der Waals surface area (Å²) in [7, 11) is 3.44. The molecule has 1 aromatic rings. The molecule has 0 aliphatic carbocycles. The van der Waals surface area contributed by atoms with Crippen LogP contribution < -0.4 is 10.6 Å². The molecule has 0 amide bonds. The van der Waals surface area contributed by atoms with Crippen molar-refractivity contribution in [1.82, 2.24) is 10.6 Å². The molecule has 1 rings (SSSR count). The van der Waals surface area contributed by atoms with Crippen molar-refractivity contribution in [3.8, 4) is 0 Å². The predicted molar refractivity (Wildman–Crippen MR) is 107 cm³/mol. The number of rotatable bonds is 9. The number of aliphatic imine (C=N–C) groups is 1. The molecule has 0 unspecified atom stereocenters. The van der Waals surface area contributed by atoms with Gasteiger partial charge in [-0.15, -0.1) is 24.0 Å². The minimum absolute atomic E-state index is 0. The molecular formula is C17H30IN3O2. The number of methoxy groups -OCH3 is 1. The quantitative estimate of drug-likeness (QED) is 0.271. The van der Waals surface area contributed by atoms with Gasteiger partial charge in [-0.05, 0) is 5.56 Å². The van der Waals surface area contributed by atoms with Crippen molar-refractivity contribution in [2.75, 3.05) is 47.1 Å². The second-order valence-electron chi connectivity index (χ2n) is 5.71. The van der Waals surface area contributed by atoms with Gasteiger partial charge < -0.3 is 20.1 Å². The molecule has 23 heavy (non-hydrogen) atoms. The first kappa shape index (κ1) is 22.1. The van der Waals surface area contributed by atoms with E-state index >= 15 is 0 Å². The summed E-state index contributed by atoms with van der Waals surface area (Å²) in [4.78, 5) is 4.23. The van der Waals surface area contributed by atoms with E-state index in [1.165, 1.54) is 5.56 Å². The van der Waals surface area contributed by atoms with Gasteiger partial charge in [-0.2, -0.15) is 0 Å². The van der Waals surface area contributed by atoms with Crippen molar-refractivity contribution in [1.29, 1.82) is 0 Å². The fraction of sp³-hybridized carbons (Fsp3) is 0.588. The first-order valence-corrected chi connectivity index (χ1v) is 7.67. The molecule has 0 heterocycles. The molecule has 0 saturated carbocycles. The highest BCUT2D eigenvalue weighted by molar-refractivity contribution is 14.0. The third kappa shape index (κ3) is 9.12. The van der Waals surface area contributed by atoms with Crippen LogP contribution in [-0.4, -0.2) is 53.0 Å². The molecule has 0 atom stereocenters.